The third-order valence-corrected chi connectivity index (χ3v) is 2.48. The number of likely N-dealkylation sites (N-methyl/N-ethyl adjacent to an activating group) is 1. The first-order chi connectivity index (χ1) is 7.10. The van der Waals surface area contributed by atoms with Gasteiger partial charge >= 0.3 is 0 Å². The molecule has 1 aromatic carbocycles. The lowest BCUT2D eigenvalue weighted by atomic mass is 10.00. The molecule has 1 unspecified atom stereocenters. The maximum atomic E-state index is 6.08. The lowest BCUT2D eigenvalue weighted by molar-refractivity contribution is 0.401. The molecule has 0 radical (unpaired) electrons. The van der Waals surface area contributed by atoms with Gasteiger partial charge in [0.1, 0.15) is 5.75 Å². The Balaban J connectivity index is 3.13. The molecule has 0 aliphatic carbocycles. The standard InChI is InChI=1S/C12H20N2O/c1-8-5-9(2)12(15-4)10(6-8)11(13)7-14-3/h5-6,11,14H,7,13H2,1-4H3. The van der Waals surface area contributed by atoms with Crippen LogP contribution < -0.4 is 15.8 Å². The van der Waals surface area contributed by atoms with E-state index in [0.717, 1.165) is 23.4 Å². The van der Waals surface area contributed by atoms with Crippen LogP contribution in [-0.2, 0) is 0 Å². The van der Waals surface area contributed by atoms with Crippen molar-refractivity contribution < 1.29 is 4.74 Å². The number of hydrogen-bond donors (Lipinski definition) is 2. The van der Waals surface area contributed by atoms with Crippen LogP contribution in [0.4, 0.5) is 0 Å². The molecule has 84 valence electrons. The molecule has 0 saturated carbocycles. The Labute approximate surface area is 91.6 Å². The van der Waals surface area contributed by atoms with Crippen molar-refractivity contribution in [1.29, 1.82) is 0 Å². The number of methoxy groups -OCH3 is 1. The summed E-state index contributed by atoms with van der Waals surface area (Å²) in [7, 11) is 3.59. The summed E-state index contributed by atoms with van der Waals surface area (Å²) >= 11 is 0. The predicted octanol–water partition coefficient (Wildman–Crippen LogP) is 1.53. The third-order valence-electron chi connectivity index (χ3n) is 2.48. The van der Waals surface area contributed by atoms with Gasteiger partial charge in [0, 0.05) is 18.2 Å². The van der Waals surface area contributed by atoms with Gasteiger partial charge in [-0.3, -0.25) is 0 Å². The van der Waals surface area contributed by atoms with Gasteiger partial charge in [0.15, 0.2) is 0 Å². The van der Waals surface area contributed by atoms with Crippen LogP contribution in [0.15, 0.2) is 12.1 Å². The minimum atomic E-state index is -0.0245. The van der Waals surface area contributed by atoms with Crippen LogP contribution in [0.25, 0.3) is 0 Å². The summed E-state index contributed by atoms with van der Waals surface area (Å²) in [6.45, 7) is 4.86. The van der Waals surface area contributed by atoms with Crippen LogP contribution in [0, 0.1) is 13.8 Å². The van der Waals surface area contributed by atoms with Gasteiger partial charge in [-0.25, -0.2) is 0 Å². The summed E-state index contributed by atoms with van der Waals surface area (Å²) in [5, 5.41) is 3.08. The highest BCUT2D eigenvalue weighted by Crippen LogP contribution is 2.28. The Hall–Kier alpha value is -1.06. The maximum Gasteiger partial charge on any atom is 0.126 e. The Morgan fingerprint density at radius 1 is 1.40 bits per heavy atom. The van der Waals surface area contributed by atoms with Gasteiger partial charge < -0.3 is 15.8 Å². The molecule has 3 nitrogen and oxygen atoms in total. The number of hydrogen-bond acceptors (Lipinski definition) is 3. The number of nitrogens with two attached hydrogens (primary N) is 1. The number of ether oxygens (including phenoxy) is 1. The molecule has 3 N–H and O–H groups in total. The van der Waals surface area contributed by atoms with Crippen molar-refractivity contribution in [3.63, 3.8) is 0 Å². The van der Waals surface area contributed by atoms with E-state index >= 15 is 0 Å². The second kappa shape index (κ2) is 5.14. The van der Waals surface area contributed by atoms with Crippen molar-refractivity contribution in [2.24, 2.45) is 5.73 Å². The summed E-state index contributed by atoms with van der Waals surface area (Å²) in [6.07, 6.45) is 0. The molecule has 0 aliphatic heterocycles. The van der Waals surface area contributed by atoms with Crippen LogP contribution in [-0.4, -0.2) is 20.7 Å². The Bertz CT molecular complexity index is 337. The topological polar surface area (TPSA) is 47.3 Å². The second-order valence-corrected chi connectivity index (χ2v) is 3.87. The highest BCUT2D eigenvalue weighted by molar-refractivity contribution is 5.45. The van der Waals surface area contributed by atoms with Crippen LogP contribution in [0.2, 0.25) is 0 Å². The maximum absolute atomic E-state index is 6.08. The highest BCUT2D eigenvalue weighted by atomic mass is 16.5. The Morgan fingerprint density at radius 3 is 2.60 bits per heavy atom. The molecule has 1 atom stereocenters. The number of nitrogens with one attached hydrogen (secondary N) is 1. The molecule has 0 amide bonds. The van der Waals surface area contributed by atoms with Crippen molar-refractivity contribution >= 4 is 0 Å². The van der Waals surface area contributed by atoms with Crippen molar-refractivity contribution in [2.45, 2.75) is 19.9 Å². The number of benzene rings is 1. The molecule has 1 aromatic rings. The molecular weight excluding hydrogens is 188 g/mol. The molecule has 0 aromatic heterocycles. The minimum Gasteiger partial charge on any atom is -0.496 e. The Morgan fingerprint density at radius 2 is 2.07 bits per heavy atom. The molecule has 1 rings (SSSR count). The summed E-state index contributed by atoms with van der Waals surface area (Å²) < 4.78 is 5.39. The summed E-state index contributed by atoms with van der Waals surface area (Å²) in [4.78, 5) is 0. The molecule has 0 spiro atoms. The fraction of sp³-hybridized carbons (Fsp3) is 0.500. The fourth-order valence-electron chi connectivity index (χ4n) is 1.87. The van der Waals surface area contributed by atoms with Crippen LogP contribution in [0.5, 0.6) is 5.75 Å². The third kappa shape index (κ3) is 2.70. The lowest BCUT2D eigenvalue weighted by Crippen LogP contribution is -2.24. The number of aryl methyl sites for hydroxylation is 2. The van der Waals surface area contributed by atoms with Crippen molar-refractivity contribution in [3.05, 3.63) is 28.8 Å². The first-order valence-electron chi connectivity index (χ1n) is 5.15. The normalized spacial score (nSPS) is 12.6. The smallest absolute Gasteiger partial charge is 0.126 e. The van der Waals surface area contributed by atoms with E-state index in [1.54, 1.807) is 7.11 Å². The van der Waals surface area contributed by atoms with E-state index in [0.29, 0.717) is 0 Å². The van der Waals surface area contributed by atoms with Crippen molar-refractivity contribution in [2.75, 3.05) is 20.7 Å². The summed E-state index contributed by atoms with van der Waals surface area (Å²) in [5.74, 6) is 0.906. The van der Waals surface area contributed by atoms with E-state index in [9.17, 15) is 0 Å². The van der Waals surface area contributed by atoms with Gasteiger partial charge in [-0.05, 0) is 26.5 Å². The highest BCUT2D eigenvalue weighted by Gasteiger charge is 2.13. The molecule has 15 heavy (non-hydrogen) atoms. The van der Waals surface area contributed by atoms with Gasteiger partial charge in [-0.1, -0.05) is 17.7 Å². The van der Waals surface area contributed by atoms with Crippen molar-refractivity contribution in [1.82, 2.24) is 5.32 Å². The van der Waals surface area contributed by atoms with E-state index in [2.05, 4.69) is 24.4 Å². The predicted molar refractivity (Wildman–Crippen MR) is 63.3 cm³/mol. The summed E-state index contributed by atoms with van der Waals surface area (Å²) in [6, 6.07) is 4.17. The second-order valence-electron chi connectivity index (χ2n) is 3.87. The van der Waals surface area contributed by atoms with E-state index in [1.165, 1.54) is 5.56 Å². The lowest BCUT2D eigenvalue weighted by Gasteiger charge is -2.18. The molecular formula is C12H20N2O. The molecule has 3 heteroatoms. The average Bonchev–Trinajstić information content (AvgIpc) is 2.17. The monoisotopic (exact) mass is 208 g/mol. The van der Waals surface area contributed by atoms with Gasteiger partial charge in [0.05, 0.1) is 7.11 Å². The quantitative estimate of drug-likeness (QED) is 0.789. The molecule has 0 fully saturated rings. The molecule has 0 saturated heterocycles. The minimum absolute atomic E-state index is 0.0245. The molecule has 0 bridgehead atoms. The van der Waals surface area contributed by atoms with Gasteiger partial charge in [-0.15, -0.1) is 0 Å². The van der Waals surface area contributed by atoms with Gasteiger partial charge in [-0.2, -0.15) is 0 Å². The van der Waals surface area contributed by atoms with E-state index in [4.69, 9.17) is 10.5 Å². The zero-order valence-corrected chi connectivity index (χ0v) is 9.92. The van der Waals surface area contributed by atoms with Crippen LogP contribution in [0.1, 0.15) is 22.7 Å². The van der Waals surface area contributed by atoms with E-state index in [-0.39, 0.29) is 6.04 Å². The Kier molecular flexibility index (Phi) is 4.12. The van der Waals surface area contributed by atoms with E-state index in [1.807, 2.05) is 14.0 Å². The van der Waals surface area contributed by atoms with Gasteiger partial charge in [0.2, 0.25) is 0 Å². The van der Waals surface area contributed by atoms with E-state index < -0.39 is 0 Å². The van der Waals surface area contributed by atoms with Crippen molar-refractivity contribution in [3.8, 4) is 5.75 Å². The van der Waals surface area contributed by atoms with Crippen LogP contribution in [0.3, 0.4) is 0 Å². The van der Waals surface area contributed by atoms with Crippen LogP contribution >= 0.6 is 0 Å². The average molecular weight is 208 g/mol. The zero-order chi connectivity index (χ0) is 11.4. The largest absolute Gasteiger partial charge is 0.496 e. The molecule has 0 heterocycles. The summed E-state index contributed by atoms with van der Waals surface area (Å²) in [5.41, 5.74) is 9.51. The fourth-order valence-corrected chi connectivity index (χ4v) is 1.87. The first kappa shape index (κ1) is 12.0. The first-order valence-corrected chi connectivity index (χ1v) is 5.15. The molecule has 0 aliphatic rings. The van der Waals surface area contributed by atoms with Gasteiger partial charge in [0.25, 0.3) is 0 Å². The SMILES string of the molecule is CNCC(N)c1cc(C)cc(C)c1OC. The number of rotatable bonds is 4. The zero-order valence-electron chi connectivity index (χ0n) is 9.92.